The minimum Gasteiger partial charge on any atom is -0.376 e. The summed E-state index contributed by atoms with van der Waals surface area (Å²) in [6.45, 7) is 6.96. The van der Waals surface area contributed by atoms with E-state index in [9.17, 15) is 9.59 Å². The molecule has 7 heteroatoms. The minimum atomic E-state index is -0.428. The number of anilines is 1. The first-order chi connectivity index (χ1) is 14.9. The lowest BCUT2D eigenvalue weighted by Crippen LogP contribution is -2.30. The lowest BCUT2D eigenvalue weighted by atomic mass is 10.1. The molecule has 1 saturated heterocycles. The Bertz CT molecular complexity index is 1150. The van der Waals surface area contributed by atoms with Gasteiger partial charge in [-0.05, 0) is 56.9 Å². The predicted molar refractivity (Wildman–Crippen MR) is 125 cm³/mol. The van der Waals surface area contributed by atoms with Crippen molar-refractivity contribution in [2.24, 2.45) is 0 Å². The summed E-state index contributed by atoms with van der Waals surface area (Å²) in [4.78, 5) is 30.9. The molecule has 0 saturated carbocycles. The third kappa shape index (κ3) is 4.67. The number of amides is 1. The van der Waals surface area contributed by atoms with Gasteiger partial charge in [-0.15, -0.1) is 0 Å². The smallest absolute Gasteiger partial charge is 0.262 e. The number of hydrogen-bond acceptors (Lipinski definition) is 5. The Morgan fingerprint density at radius 3 is 2.68 bits per heavy atom. The highest BCUT2D eigenvalue weighted by Gasteiger charge is 2.23. The van der Waals surface area contributed by atoms with Crippen LogP contribution in [-0.4, -0.2) is 33.4 Å². The topological polar surface area (TPSA) is 73.2 Å². The van der Waals surface area contributed by atoms with Crippen molar-refractivity contribution >= 4 is 34.3 Å². The Labute approximate surface area is 186 Å². The van der Waals surface area contributed by atoms with Gasteiger partial charge in [-0.25, -0.2) is 4.98 Å². The first-order valence-electron chi connectivity index (χ1n) is 10.6. The Kier molecular flexibility index (Phi) is 6.43. The van der Waals surface area contributed by atoms with Crippen molar-refractivity contribution < 1.29 is 9.53 Å². The zero-order valence-corrected chi connectivity index (χ0v) is 18.9. The fourth-order valence-corrected chi connectivity index (χ4v) is 4.76. The molecule has 3 aromatic rings. The SMILES string of the molecule is Cc1cccc(C)c1NC(=O)[C@@H](C)Sc1nc2ccccc2c(=O)n1C[C@@H]1CCCO1. The summed E-state index contributed by atoms with van der Waals surface area (Å²) in [6.07, 6.45) is 1.92. The van der Waals surface area contributed by atoms with Crippen LogP contribution in [0.5, 0.6) is 0 Å². The van der Waals surface area contributed by atoms with Gasteiger partial charge in [-0.1, -0.05) is 42.1 Å². The van der Waals surface area contributed by atoms with Crippen LogP contribution in [0.3, 0.4) is 0 Å². The van der Waals surface area contributed by atoms with E-state index in [4.69, 9.17) is 9.72 Å². The summed E-state index contributed by atoms with van der Waals surface area (Å²) in [7, 11) is 0. The van der Waals surface area contributed by atoms with E-state index in [1.807, 2.05) is 57.2 Å². The quantitative estimate of drug-likeness (QED) is 0.459. The summed E-state index contributed by atoms with van der Waals surface area (Å²) in [6, 6.07) is 13.3. The highest BCUT2D eigenvalue weighted by molar-refractivity contribution is 8.00. The van der Waals surface area contributed by atoms with Gasteiger partial charge in [0.05, 0.1) is 28.8 Å². The Balaban J connectivity index is 1.63. The summed E-state index contributed by atoms with van der Waals surface area (Å²) >= 11 is 1.31. The number of rotatable bonds is 6. The second-order valence-corrected chi connectivity index (χ2v) is 9.29. The van der Waals surface area contributed by atoms with Gasteiger partial charge >= 0.3 is 0 Å². The fourth-order valence-electron chi connectivity index (χ4n) is 3.84. The van der Waals surface area contributed by atoms with Gasteiger partial charge in [0.25, 0.3) is 5.56 Å². The Morgan fingerprint density at radius 2 is 1.97 bits per heavy atom. The molecule has 1 amide bonds. The molecule has 2 atom stereocenters. The number of ether oxygens (including phenoxy) is 1. The first-order valence-corrected chi connectivity index (χ1v) is 11.5. The molecule has 1 aromatic heterocycles. The summed E-state index contributed by atoms with van der Waals surface area (Å²) in [5, 5.41) is 3.74. The average Bonchev–Trinajstić information content (AvgIpc) is 3.27. The molecule has 4 rings (SSSR count). The van der Waals surface area contributed by atoms with Crippen molar-refractivity contribution in [3.63, 3.8) is 0 Å². The minimum absolute atomic E-state index is 0.00115. The van der Waals surface area contributed by atoms with E-state index in [2.05, 4.69) is 5.32 Å². The molecule has 1 aliphatic rings. The van der Waals surface area contributed by atoms with Crippen molar-refractivity contribution in [1.82, 2.24) is 9.55 Å². The third-order valence-electron chi connectivity index (χ3n) is 5.62. The van der Waals surface area contributed by atoms with Gasteiger partial charge in [-0.3, -0.25) is 14.2 Å². The van der Waals surface area contributed by atoms with E-state index < -0.39 is 5.25 Å². The molecule has 2 heterocycles. The van der Waals surface area contributed by atoms with Crippen LogP contribution in [0.2, 0.25) is 0 Å². The number of carbonyl (C=O) groups is 1. The number of benzene rings is 2. The zero-order chi connectivity index (χ0) is 22.0. The molecule has 6 nitrogen and oxygen atoms in total. The zero-order valence-electron chi connectivity index (χ0n) is 18.1. The molecule has 162 valence electrons. The number of nitrogens with zero attached hydrogens (tertiary/aromatic N) is 2. The summed E-state index contributed by atoms with van der Waals surface area (Å²) < 4.78 is 7.43. The van der Waals surface area contributed by atoms with E-state index in [1.165, 1.54) is 11.8 Å². The van der Waals surface area contributed by atoms with Gasteiger partial charge in [0.1, 0.15) is 0 Å². The number of para-hydroxylation sites is 2. The molecular formula is C24H27N3O3S. The van der Waals surface area contributed by atoms with Gasteiger partial charge in [0.2, 0.25) is 5.91 Å². The van der Waals surface area contributed by atoms with Crippen LogP contribution >= 0.6 is 11.8 Å². The van der Waals surface area contributed by atoms with Crippen LogP contribution in [0.25, 0.3) is 10.9 Å². The second-order valence-electron chi connectivity index (χ2n) is 7.98. The number of hydrogen-bond donors (Lipinski definition) is 1. The van der Waals surface area contributed by atoms with Gasteiger partial charge in [0.15, 0.2) is 5.16 Å². The molecule has 31 heavy (non-hydrogen) atoms. The number of carbonyl (C=O) groups excluding carboxylic acids is 1. The van der Waals surface area contributed by atoms with Crippen LogP contribution < -0.4 is 10.9 Å². The van der Waals surface area contributed by atoms with E-state index in [0.29, 0.717) is 22.6 Å². The Morgan fingerprint density at radius 1 is 1.23 bits per heavy atom. The van der Waals surface area contributed by atoms with E-state index >= 15 is 0 Å². The van der Waals surface area contributed by atoms with Crippen molar-refractivity contribution in [3.8, 4) is 0 Å². The standard InChI is InChI=1S/C24H27N3O3S/c1-15-8-6-9-16(2)21(15)26-22(28)17(3)31-24-25-20-12-5-4-11-19(20)23(29)27(24)14-18-10-7-13-30-18/h4-6,8-9,11-12,17-18H,7,10,13-14H2,1-3H3,(H,26,28)/t17-,18+/m1/s1. The molecule has 1 N–H and O–H groups in total. The van der Waals surface area contributed by atoms with Crippen LogP contribution in [-0.2, 0) is 16.1 Å². The summed E-state index contributed by atoms with van der Waals surface area (Å²) in [5.41, 5.74) is 3.42. The van der Waals surface area contributed by atoms with E-state index in [0.717, 1.165) is 36.3 Å². The highest BCUT2D eigenvalue weighted by Crippen LogP contribution is 2.26. The van der Waals surface area contributed by atoms with Crippen molar-refractivity contribution in [3.05, 3.63) is 63.9 Å². The molecule has 0 radical (unpaired) electrons. The molecule has 1 aliphatic heterocycles. The number of aryl methyl sites for hydroxylation is 2. The normalized spacial score (nSPS) is 17.1. The number of aromatic nitrogens is 2. The number of fused-ring (bicyclic) bond motifs is 1. The molecule has 1 fully saturated rings. The Hall–Kier alpha value is -2.64. The molecule has 2 aromatic carbocycles. The second kappa shape index (κ2) is 9.24. The fraction of sp³-hybridized carbons (Fsp3) is 0.375. The maximum absolute atomic E-state index is 13.2. The van der Waals surface area contributed by atoms with E-state index in [-0.39, 0.29) is 17.6 Å². The average molecular weight is 438 g/mol. The third-order valence-corrected chi connectivity index (χ3v) is 6.71. The number of nitrogens with one attached hydrogen (secondary N) is 1. The maximum Gasteiger partial charge on any atom is 0.262 e. The largest absolute Gasteiger partial charge is 0.376 e. The molecule has 0 unspecified atom stereocenters. The number of thioether (sulfide) groups is 1. The first kappa shape index (κ1) is 21.6. The van der Waals surface area contributed by atoms with Gasteiger partial charge in [-0.2, -0.15) is 0 Å². The van der Waals surface area contributed by atoms with Crippen LogP contribution in [0, 0.1) is 13.8 Å². The molecule has 0 spiro atoms. The van der Waals surface area contributed by atoms with Crippen LogP contribution in [0.1, 0.15) is 30.9 Å². The van der Waals surface area contributed by atoms with Crippen molar-refractivity contribution in [2.75, 3.05) is 11.9 Å². The lowest BCUT2D eigenvalue weighted by Gasteiger charge is -2.19. The maximum atomic E-state index is 13.2. The van der Waals surface area contributed by atoms with Crippen molar-refractivity contribution in [2.45, 2.75) is 56.7 Å². The van der Waals surface area contributed by atoms with Crippen LogP contribution in [0.4, 0.5) is 5.69 Å². The molecule has 0 aliphatic carbocycles. The van der Waals surface area contributed by atoms with Gasteiger partial charge < -0.3 is 10.1 Å². The summed E-state index contributed by atoms with van der Waals surface area (Å²) in [5.74, 6) is -0.117. The monoisotopic (exact) mass is 437 g/mol. The van der Waals surface area contributed by atoms with Crippen molar-refractivity contribution in [1.29, 1.82) is 0 Å². The molecular weight excluding hydrogens is 410 g/mol. The highest BCUT2D eigenvalue weighted by atomic mass is 32.2. The van der Waals surface area contributed by atoms with Crippen LogP contribution in [0.15, 0.2) is 52.4 Å². The predicted octanol–water partition coefficient (Wildman–Crippen LogP) is 4.31. The molecule has 0 bridgehead atoms. The van der Waals surface area contributed by atoms with Gasteiger partial charge in [0, 0.05) is 12.3 Å². The lowest BCUT2D eigenvalue weighted by molar-refractivity contribution is -0.115. The van der Waals surface area contributed by atoms with E-state index in [1.54, 1.807) is 10.6 Å².